The van der Waals surface area contributed by atoms with Gasteiger partial charge in [-0.25, -0.2) is 4.79 Å². The lowest BCUT2D eigenvalue weighted by Gasteiger charge is -2.21. The first-order valence-corrected chi connectivity index (χ1v) is 10.0. The van der Waals surface area contributed by atoms with Crippen molar-refractivity contribution in [2.75, 3.05) is 5.75 Å². The molecule has 28 heavy (non-hydrogen) atoms. The van der Waals surface area contributed by atoms with E-state index in [-0.39, 0.29) is 46.8 Å². The lowest BCUT2D eigenvalue weighted by molar-refractivity contribution is -0.148. The highest BCUT2D eigenvalue weighted by atomic mass is 32.2. The highest BCUT2D eigenvalue weighted by molar-refractivity contribution is 8.00. The van der Waals surface area contributed by atoms with E-state index in [4.69, 9.17) is 9.84 Å². The number of esters is 1. The van der Waals surface area contributed by atoms with E-state index in [2.05, 4.69) is 0 Å². The molecule has 1 aromatic rings. The van der Waals surface area contributed by atoms with E-state index >= 15 is 0 Å². The zero-order chi connectivity index (χ0) is 20.8. The Morgan fingerprint density at radius 3 is 2.68 bits per heavy atom. The molecule has 0 radical (unpaired) electrons. The minimum absolute atomic E-state index is 0.00572. The van der Waals surface area contributed by atoms with Gasteiger partial charge in [-0.1, -0.05) is 0 Å². The number of aliphatic hydroxyl groups is 1. The molecule has 154 valence electrons. The van der Waals surface area contributed by atoms with Crippen molar-refractivity contribution >= 4 is 29.5 Å². The maximum atomic E-state index is 12.8. The van der Waals surface area contributed by atoms with Gasteiger partial charge in [0.05, 0.1) is 18.1 Å². The number of benzene rings is 1. The molecule has 0 fully saturated rings. The Hall–Kier alpha value is -2.26. The quantitative estimate of drug-likeness (QED) is 0.545. The number of aromatic hydroxyl groups is 2. The van der Waals surface area contributed by atoms with Crippen molar-refractivity contribution in [1.29, 1.82) is 0 Å². The monoisotopic (exact) mass is 412 g/mol. The summed E-state index contributed by atoms with van der Waals surface area (Å²) in [4.78, 5) is 35.8. The smallest absolute Gasteiger partial charge is 0.333 e. The van der Waals surface area contributed by atoms with Crippen LogP contribution in [0.5, 0.6) is 11.5 Å². The molecule has 1 aromatic carbocycles. The molecule has 1 heterocycles. The summed E-state index contributed by atoms with van der Waals surface area (Å²) in [7, 11) is 0. The standard InChI is InChI=1S/C19H24O8S/c1-10-3-2-4-13(28-9-16(23)19(25)26)8-15(22)18-11(6-17(24)27-10)5-12(20)7-14(18)21/h5,7,10,13,16,20-21,23H,2-4,6,8-9H2,1H3,(H,25,26)/t10-,13-,16+/m0/s1. The van der Waals surface area contributed by atoms with Crippen LogP contribution in [0.4, 0.5) is 0 Å². The Balaban J connectivity index is 2.29. The maximum Gasteiger partial charge on any atom is 0.333 e. The molecule has 0 amide bonds. The fraction of sp³-hybridized carbons (Fsp3) is 0.526. The molecule has 1 aliphatic rings. The first-order chi connectivity index (χ1) is 13.2. The molecule has 0 unspecified atom stereocenters. The lowest BCUT2D eigenvalue weighted by atomic mass is 9.95. The first-order valence-electron chi connectivity index (χ1n) is 8.97. The number of phenolic OH excluding ortho intramolecular Hbond substituents is 2. The van der Waals surface area contributed by atoms with Crippen LogP contribution >= 0.6 is 11.8 Å². The number of hydrogen-bond donors (Lipinski definition) is 4. The van der Waals surface area contributed by atoms with E-state index in [0.717, 1.165) is 6.07 Å². The van der Waals surface area contributed by atoms with Gasteiger partial charge in [0.1, 0.15) is 11.5 Å². The van der Waals surface area contributed by atoms with Crippen LogP contribution in [-0.2, 0) is 20.7 Å². The molecule has 0 aliphatic carbocycles. The summed E-state index contributed by atoms with van der Waals surface area (Å²) >= 11 is 1.18. The zero-order valence-corrected chi connectivity index (χ0v) is 16.3. The van der Waals surface area contributed by atoms with Crippen LogP contribution in [0.25, 0.3) is 0 Å². The van der Waals surface area contributed by atoms with Gasteiger partial charge in [-0.2, -0.15) is 11.8 Å². The van der Waals surface area contributed by atoms with Crippen LogP contribution in [0, 0.1) is 0 Å². The van der Waals surface area contributed by atoms with E-state index in [0.29, 0.717) is 19.3 Å². The van der Waals surface area contributed by atoms with Crippen LogP contribution in [0.1, 0.15) is 48.5 Å². The SMILES string of the molecule is C[C@H]1CCC[C@H](SC[C@@H](O)C(=O)O)CC(=O)c2c(O)cc(O)cc2CC(=O)O1. The fourth-order valence-electron chi connectivity index (χ4n) is 3.10. The molecule has 8 nitrogen and oxygen atoms in total. The second kappa shape index (κ2) is 9.79. The van der Waals surface area contributed by atoms with Gasteiger partial charge < -0.3 is 25.2 Å². The molecule has 4 N–H and O–H groups in total. The Kier molecular flexibility index (Phi) is 7.70. The molecule has 0 aromatic heterocycles. The van der Waals surface area contributed by atoms with Gasteiger partial charge in [-0.15, -0.1) is 0 Å². The first kappa shape index (κ1) is 22.0. The number of Topliss-reactive ketones (excluding diaryl/α,β-unsaturated/α-hetero) is 1. The summed E-state index contributed by atoms with van der Waals surface area (Å²) in [6.45, 7) is 1.76. The topological polar surface area (TPSA) is 141 Å². The number of hydrogen-bond acceptors (Lipinski definition) is 8. The molecule has 9 heteroatoms. The van der Waals surface area contributed by atoms with Gasteiger partial charge in [0.15, 0.2) is 11.9 Å². The number of ether oxygens (including phenoxy) is 1. The number of cyclic esters (lactones) is 1. The van der Waals surface area contributed by atoms with Crippen molar-refractivity contribution in [3.05, 3.63) is 23.3 Å². The van der Waals surface area contributed by atoms with E-state index in [1.165, 1.54) is 17.8 Å². The number of aliphatic hydroxyl groups excluding tert-OH is 1. The van der Waals surface area contributed by atoms with Crippen molar-refractivity contribution in [2.24, 2.45) is 0 Å². The lowest BCUT2D eigenvalue weighted by Crippen LogP contribution is -2.25. The minimum Gasteiger partial charge on any atom is -0.508 e. The molecular weight excluding hydrogens is 388 g/mol. The summed E-state index contributed by atoms with van der Waals surface area (Å²) in [5.74, 6) is -3.06. The van der Waals surface area contributed by atoms with E-state index in [1.807, 2.05) is 0 Å². The third kappa shape index (κ3) is 6.13. The Morgan fingerprint density at radius 1 is 1.29 bits per heavy atom. The van der Waals surface area contributed by atoms with Crippen molar-refractivity contribution < 1.29 is 39.5 Å². The molecular formula is C19H24O8S. The Morgan fingerprint density at radius 2 is 2.00 bits per heavy atom. The third-order valence-electron chi connectivity index (χ3n) is 4.45. The molecule has 1 aliphatic heterocycles. The number of ketones is 1. The van der Waals surface area contributed by atoms with E-state index in [9.17, 15) is 29.7 Å². The summed E-state index contributed by atoms with van der Waals surface area (Å²) in [5, 5.41) is 38.0. The predicted octanol–water partition coefficient (Wildman–Crippen LogP) is 1.88. The molecule has 0 bridgehead atoms. The van der Waals surface area contributed by atoms with Crippen LogP contribution in [0.2, 0.25) is 0 Å². The number of aliphatic carboxylic acids is 1. The molecule has 0 saturated carbocycles. The van der Waals surface area contributed by atoms with Crippen molar-refractivity contribution in [2.45, 2.75) is 56.5 Å². The van der Waals surface area contributed by atoms with Crippen molar-refractivity contribution in [3.8, 4) is 11.5 Å². The Labute approximate surface area is 166 Å². The number of phenols is 2. The highest BCUT2D eigenvalue weighted by Crippen LogP contribution is 2.32. The fourth-order valence-corrected chi connectivity index (χ4v) is 4.30. The van der Waals surface area contributed by atoms with E-state index in [1.54, 1.807) is 6.92 Å². The van der Waals surface area contributed by atoms with Gasteiger partial charge >= 0.3 is 11.9 Å². The zero-order valence-electron chi connectivity index (χ0n) is 15.5. The predicted molar refractivity (Wildman–Crippen MR) is 102 cm³/mol. The molecule has 0 saturated heterocycles. The number of rotatable bonds is 4. The van der Waals surface area contributed by atoms with Gasteiger partial charge in [-0.3, -0.25) is 9.59 Å². The number of carbonyl (C=O) groups is 3. The van der Waals surface area contributed by atoms with Gasteiger partial charge in [0.2, 0.25) is 0 Å². The van der Waals surface area contributed by atoms with Crippen molar-refractivity contribution in [1.82, 2.24) is 0 Å². The summed E-state index contributed by atoms with van der Waals surface area (Å²) in [5.41, 5.74) is 0.127. The molecule has 3 atom stereocenters. The van der Waals surface area contributed by atoms with E-state index < -0.39 is 29.6 Å². The molecule has 0 spiro atoms. The Bertz CT molecular complexity index is 748. The number of fused-ring (bicyclic) bond motifs is 1. The number of carboxylic acids is 1. The second-order valence-corrected chi connectivity index (χ2v) is 8.18. The van der Waals surface area contributed by atoms with Gasteiger partial charge in [0, 0.05) is 23.5 Å². The maximum absolute atomic E-state index is 12.8. The normalized spacial score (nSPS) is 22.4. The third-order valence-corrected chi connectivity index (χ3v) is 5.84. The van der Waals surface area contributed by atoms with Gasteiger partial charge in [0.25, 0.3) is 0 Å². The van der Waals surface area contributed by atoms with Crippen LogP contribution < -0.4 is 0 Å². The average molecular weight is 412 g/mol. The van der Waals surface area contributed by atoms with Crippen LogP contribution in [0.3, 0.4) is 0 Å². The number of carbonyl (C=O) groups excluding carboxylic acids is 2. The van der Waals surface area contributed by atoms with Gasteiger partial charge in [-0.05, 0) is 37.8 Å². The largest absolute Gasteiger partial charge is 0.508 e. The van der Waals surface area contributed by atoms with Crippen LogP contribution in [-0.4, -0.2) is 61.4 Å². The second-order valence-electron chi connectivity index (χ2n) is 6.84. The van der Waals surface area contributed by atoms with Crippen molar-refractivity contribution in [3.63, 3.8) is 0 Å². The summed E-state index contributed by atoms with van der Waals surface area (Å²) in [6.07, 6.45) is -0.340. The number of thioether (sulfide) groups is 1. The minimum atomic E-state index is -1.53. The highest BCUT2D eigenvalue weighted by Gasteiger charge is 2.26. The average Bonchev–Trinajstić information content (AvgIpc) is 2.57. The summed E-state index contributed by atoms with van der Waals surface area (Å²) < 4.78 is 5.32. The van der Waals surface area contributed by atoms with Crippen LogP contribution in [0.15, 0.2) is 12.1 Å². The molecule has 2 rings (SSSR count). The number of carboxylic acid groups (broad SMARTS) is 1. The summed E-state index contributed by atoms with van der Waals surface area (Å²) in [6, 6.07) is 2.29.